The van der Waals surface area contributed by atoms with Crippen molar-refractivity contribution in [3.63, 3.8) is 0 Å². The monoisotopic (exact) mass is 592 g/mol. The first-order valence-corrected chi connectivity index (χ1v) is 16.2. The molecule has 0 N–H and O–H groups in total. The zero-order chi connectivity index (χ0) is 30.0. The fourth-order valence-electron chi connectivity index (χ4n) is 5.36. The van der Waals surface area contributed by atoms with Crippen molar-refractivity contribution in [2.45, 2.75) is 130 Å². The third-order valence-corrected chi connectivity index (χ3v) is 7.96. The molecule has 1 aromatic rings. The maximum Gasteiger partial charge on any atom is 0.510 e. The van der Waals surface area contributed by atoms with Crippen LogP contribution in [0.25, 0.3) is 0 Å². The number of rotatable bonds is 18. The number of benzene rings is 1. The van der Waals surface area contributed by atoms with Crippen LogP contribution in [0.5, 0.6) is 5.75 Å². The Morgan fingerprint density at radius 1 is 0.667 bits per heavy atom. The minimum atomic E-state index is -1.30. The topological polar surface area (TPSA) is 98.8 Å². The van der Waals surface area contributed by atoms with Gasteiger partial charge in [-0.2, -0.15) is 0 Å². The molecule has 3 rings (SSSR count). The van der Waals surface area contributed by atoms with Crippen molar-refractivity contribution in [3.05, 3.63) is 29.8 Å². The van der Waals surface area contributed by atoms with Gasteiger partial charge in [0.15, 0.2) is 6.29 Å². The molecule has 0 unspecified atom stereocenters. The Morgan fingerprint density at radius 2 is 1.17 bits per heavy atom. The summed E-state index contributed by atoms with van der Waals surface area (Å²) in [4.78, 5) is 24.2. The number of hydrogen-bond acceptors (Lipinski definition) is 9. The van der Waals surface area contributed by atoms with Gasteiger partial charge in [-0.1, -0.05) is 97.1 Å². The van der Waals surface area contributed by atoms with Gasteiger partial charge in [-0.25, -0.2) is 9.59 Å². The van der Waals surface area contributed by atoms with Crippen molar-refractivity contribution in [3.8, 4) is 5.75 Å². The summed E-state index contributed by atoms with van der Waals surface area (Å²) in [6.07, 6.45) is 11.0. The van der Waals surface area contributed by atoms with E-state index in [1.165, 1.54) is 57.8 Å². The van der Waals surface area contributed by atoms with Crippen LogP contribution >= 0.6 is 0 Å². The second kappa shape index (κ2) is 19.6. The third-order valence-electron chi connectivity index (χ3n) is 7.96. The molecular formula is C33H52O9. The first-order chi connectivity index (χ1) is 20.5. The van der Waals surface area contributed by atoms with Gasteiger partial charge in [0, 0.05) is 5.56 Å². The van der Waals surface area contributed by atoms with Crippen LogP contribution in [0, 0.1) is 11.8 Å². The summed E-state index contributed by atoms with van der Waals surface area (Å²) in [6, 6.07) is 7.34. The molecule has 1 aliphatic heterocycles. The first kappa shape index (κ1) is 34.0. The molecule has 2 fully saturated rings. The van der Waals surface area contributed by atoms with E-state index in [4.69, 9.17) is 33.2 Å². The second-order valence-corrected chi connectivity index (χ2v) is 11.4. The van der Waals surface area contributed by atoms with Crippen LogP contribution < -0.4 is 4.74 Å². The van der Waals surface area contributed by atoms with Crippen LogP contribution in [-0.4, -0.2) is 44.7 Å². The molecule has 9 heteroatoms. The zero-order valence-electron chi connectivity index (χ0n) is 25.9. The minimum absolute atomic E-state index is 0.221. The molecule has 0 spiro atoms. The van der Waals surface area contributed by atoms with Crippen molar-refractivity contribution in [2.24, 2.45) is 11.8 Å². The Balaban J connectivity index is 1.43. The quantitative estimate of drug-likeness (QED) is 0.122. The van der Waals surface area contributed by atoms with E-state index in [1.807, 2.05) is 38.1 Å². The van der Waals surface area contributed by atoms with Crippen molar-refractivity contribution >= 4 is 12.3 Å². The van der Waals surface area contributed by atoms with E-state index in [1.54, 1.807) is 0 Å². The van der Waals surface area contributed by atoms with Crippen molar-refractivity contribution < 1.29 is 42.7 Å². The molecule has 238 valence electrons. The van der Waals surface area contributed by atoms with Gasteiger partial charge in [-0.05, 0) is 49.7 Å². The molecule has 1 aromatic carbocycles. The average molecular weight is 593 g/mol. The first-order valence-electron chi connectivity index (χ1n) is 16.2. The highest BCUT2D eigenvalue weighted by Gasteiger charge is 2.43. The van der Waals surface area contributed by atoms with Gasteiger partial charge in [0.1, 0.15) is 5.75 Å². The van der Waals surface area contributed by atoms with E-state index < -0.39 is 31.2 Å². The van der Waals surface area contributed by atoms with E-state index in [9.17, 15) is 9.59 Å². The van der Waals surface area contributed by atoms with Gasteiger partial charge in [-0.3, -0.25) is 0 Å². The number of carbonyl (C=O) groups excluding carboxylic acids is 2. The maximum absolute atomic E-state index is 12.1. The highest BCUT2D eigenvalue weighted by Crippen LogP contribution is 2.35. The van der Waals surface area contributed by atoms with E-state index in [0.29, 0.717) is 25.0 Å². The molecule has 2 aliphatic rings. The summed E-state index contributed by atoms with van der Waals surface area (Å²) in [5.74, 6) is 2.53. The smallest absolute Gasteiger partial charge is 0.494 e. The summed E-state index contributed by atoms with van der Waals surface area (Å²) >= 11 is 0. The molecule has 1 aliphatic carbocycles. The van der Waals surface area contributed by atoms with Crippen molar-refractivity contribution in [1.82, 2.24) is 0 Å². The van der Waals surface area contributed by atoms with Gasteiger partial charge in [0.2, 0.25) is 0 Å². The fourth-order valence-corrected chi connectivity index (χ4v) is 5.36. The van der Waals surface area contributed by atoms with Crippen LogP contribution in [0.15, 0.2) is 24.3 Å². The Bertz CT molecular complexity index is 850. The molecule has 1 saturated carbocycles. The Hall–Kier alpha value is -2.52. The lowest BCUT2D eigenvalue weighted by atomic mass is 9.78. The third kappa shape index (κ3) is 12.4. The van der Waals surface area contributed by atoms with Gasteiger partial charge >= 0.3 is 12.3 Å². The maximum atomic E-state index is 12.1. The summed E-state index contributed by atoms with van der Waals surface area (Å²) in [5.41, 5.74) is 0.663. The average Bonchev–Trinajstić information content (AvgIpc) is 3.38. The van der Waals surface area contributed by atoms with E-state index in [0.717, 1.165) is 36.8 Å². The molecule has 1 heterocycles. The Kier molecular flexibility index (Phi) is 15.9. The van der Waals surface area contributed by atoms with E-state index in [2.05, 4.69) is 6.92 Å². The van der Waals surface area contributed by atoms with Gasteiger partial charge in [0.05, 0.1) is 19.8 Å². The Morgan fingerprint density at radius 3 is 1.67 bits per heavy atom. The summed E-state index contributed by atoms with van der Waals surface area (Å²) < 4.78 is 38.2. The highest BCUT2D eigenvalue weighted by molar-refractivity contribution is 5.61. The van der Waals surface area contributed by atoms with Gasteiger partial charge in [0.25, 0.3) is 12.6 Å². The van der Waals surface area contributed by atoms with Crippen molar-refractivity contribution in [1.29, 1.82) is 0 Å². The fraction of sp³-hybridized carbons (Fsp3) is 0.758. The number of carbonyl (C=O) groups is 2. The SMILES string of the molecule is CCCCC[C@H]1CC[C@H](CCCOc2ccc(C3O[C@H](OC(=O)OCCCC)[C@@H](OC(=O)OCCCC)O3)cc2)CC1. The van der Waals surface area contributed by atoms with Crippen LogP contribution in [-0.2, 0) is 28.4 Å². The number of hydrogen-bond donors (Lipinski definition) is 0. The molecular weight excluding hydrogens is 540 g/mol. The normalized spacial score (nSPS) is 22.5. The predicted octanol–water partition coefficient (Wildman–Crippen LogP) is 8.84. The van der Waals surface area contributed by atoms with Crippen molar-refractivity contribution in [2.75, 3.05) is 19.8 Å². The second-order valence-electron chi connectivity index (χ2n) is 11.4. The molecule has 9 nitrogen and oxygen atoms in total. The molecule has 0 amide bonds. The highest BCUT2D eigenvalue weighted by atomic mass is 16.9. The van der Waals surface area contributed by atoms with Crippen LogP contribution in [0.3, 0.4) is 0 Å². The molecule has 1 saturated heterocycles. The lowest BCUT2D eigenvalue weighted by Gasteiger charge is -2.28. The van der Waals surface area contributed by atoms with Crippen LogP contribution in [0.1, 0.15) is 123 Å². The zero-order valence-corrected chi connectivity index (χ0v) is 25.9. The molecule has 0 bridgehead atoms. The summed E-state index contributed by atoms with van der Waals surface area (Å²) in [7, 11) is 0. The molecule has 2 atom stereocenters. The van der Waals surface area contributed by atoms with Gasteiger partial charge in [-0.15, -0.1) is 0 Å². The van der Waals surface area contributed by atoms with Crippen LogP contribution in [0.4, 0.5) is 9.59 Å². The number of ether oxygens (including phenoxy) is 7. The van der Waals surface area contributed by atoms with Crippen LogP contribution in [0.2, 0.25) is 0 Å². The number of unbranched alkanes of at least 4 members (excludes halogenated alkanes) is 4. The minimum Gasteiger partial charge on any atom is -0.494 e. The lowest BCUT2D eigenvalue weighted by molar-refractivity contribution is -0.159. The molecule has 0 aromatic heterocycles. The molecule has 0 radical (unpaired) electrons. The molecule has 42 heavy (non-hydrogen) atoms. The summed E-state index contributed by atoms with van der Waals surface area (Å²) in [5, 5.41) is 0. The lowest BCUT2D eigenvalue weighted by Crippen LogP contribution is -2.33. The van der Waals surface area contributed by atoms with E-state index in [-0.39, 0.29) is 13.2 Å². The predicted molar refractivity (Wildman–Crippen MR) is 158 cm³/mol. The van der Waals surface area contributed by atoms with E-state index >= 15 is 0 Å². The largest absolute Gasteiger partial charge is 0.510 e. The summed E-state index contributed by atoms with van der Waals surface area (Å²) in [6.45, 7) is 7.36. The van der Waals surface area contributed by atoms with Gasteiger partial charge < -0.3 is 33.2 Å². The standard InChI is InChI=1S/C33H52O9/c1-4-7-10-12-25-14-16-26(17-15-25)13-11-24-36-28-20-18-27(19-21-28)29-39-30(41-32(34)37-22-8-5-2)31(40-29)42-33(35)38-23-9-6-3/h18-21,25-26,29-31H,4-17,22-24H2,1-3H3/t25-,26-,30-,31-/m1/s1. The Labute approximate surface area is 251 Å².